The van der Waals surface area contributed by atoms with E-state index < -0.39 is 14.9 Å². The maximum absolute atomic E-state index is 13.6. The lowest BCUT2D eigenvalue weighted by Gasteiger charge is -2.15. The van der Waals surface area contributed by atoms with E-state index in [4.69, 9.17) is 15.4 Å². The van der Waals surface area contributed by atoms with Gasteiger partial charge in [0.2, 0.25) is 0 Å². The summed E-state index contributed by atoms with van der Waals surface area (Å²) in [5.41, 5.74) is 0. The standard InChI is InChI=1S/C12H15ClFNO3S/c13-19(16,17)10-3-4-12(11(14)9-10)18-8-7-15-5-1-2-6-15/h3-4,9H,1-2,5-8H2. The molecule has 0 saturated carbocycles. The minimum atomic E-state index is -3.91. The van der Waals surface area contributed by atoms with Crippen molar-refractivity contribution in [3.63, 3.8) is 0 Å². The molecule has 19 heavy (non-hydrogen) atoms. The molecule has 1 aromatic rings. The molecule has 106 valence electrons. The summed E-state index contributed by atoms with van der Waals surface area (Å²) < 4.78 is 41.0. The first kappa shape index (κ1) is 14.6. The third-order valence-electron chi connectivity index (χ3n) is 3.05. The Labute approximate surface area is 116 Å². The van der Waals surface area contributed by atoms with Crippen molar-refractivity contribution in [1.82, 2.24) is 4.90 Å². The molecule has 0 N–H and O–H groups in total. The van der Waals surface area contributed by atoms with E-state index in [1.54, 1.807) is 0 Å². The van der Waals surface area contributed by atoms with Gasteiger partial charge < -0.3 is 4.74 Å². The topological polar surface area (TPSA) is 46.6 Å². The fourth-order valence-electron chi connectivity index (χ4n) is 2.04. The zero-order valence-electron chi connectivity index (χ0n) is 10.3. The first-order valence-electron chi connectivity index (χ1n) is 6.06. The van der Waals surface area contributed by atoms with Gasteiger partial charge in [0.15, 0.2) is 11.6 Å². The van der Waals surface area contributed by atoms with Crippen molar-refractivity contribution in [3.05, 3.63) is 24.0 Å². The van der Waals surface area contributed by atoms with E-state index in [0.717, 1.165) is 25.7 Å². The van der Waals surface area contributed by atoms with Crippen molar-refractivity contribution in [2.45, 2.75) is 17.7 Å². The molecule has 0 radical (unpaired) electrons. The molecule has 0 atom stereocenters. The van der Waals surface area contributed by atoms with Crippen molar-refractivity contribution < 1.29 is 17.5 Å². The molecule has 4 nitrogen and oxygen atoms in total. The summed E-state index contributed by atoms with van der Waals surface area (Å²) in [4.78, 5) is 1.98. The van der Waals surface area contributed by atoms with Crippen LogP contribution in [-0.4, -0.2) is 39.6 Å². The van der Waals surface area contributed by atoms with E-state index in [1.165, 1.54) is 25.0 Å². The Kier molecular flexibility index (Phi) is 4.65. The van der Waals surface area contributed by atoms with E-state index >= 15 is 0 Å². The average Bonchev–Trinajstić information content (AvgIpc) is 2.83. The number of ether oxygens (including phenoxy) is 1. The van der Waals surface area contributed by atoms with Gasteiger partial charge in [0.25, 0.3) is 9.05 Å². The largest absolute Gasteiger partial charge is 0.489 e. The molecular weight excluding hydrogens is 293 g/mol. The molecule has 1 aromatic carbocycles. The fourth-order valence-corrected chi connectivity index (χ4v) is 2.80. The smallest absolute Gasteiger partial charge is 0.261 e. The van der Waals surface area contributed by atoms with Crippen LogP contribution in [0.2, 0.25) is 0 Å². The van der Waals surface area contributed by atoms with Gasteiger partial charge in [-0.15, -0.1) is 0 Å². The van der Waals surface area contributed by atoms with Crippen LogP contribution >= 0.6 is 10.7 Å². The second-order valence-electron chi connectivity index (χ2n) is 4.43. The molecular formula is C12H15ClFNO3S. The van der Waals surface area contributed by atoms with Gasteiger partial charge in [-0.05, 0) is 44.1 Å². The lowest BCUT2D eigenvalue weighted by Crippen LogP contribution is -2.25. The number of halogens is 2. The number of likely N-dealkylation sites (tertiary alicyclic amines) is 1. The van der Waals surface area contributed by atoms with Gasteiger partial charge >= 0.3 is 0 Å². The van der Waals surface area contributed by atoms with Crippen LogP contribution in [0, 0.1) is 5.82 Å². The van der Waals surface area contributed by atoms with Crippen LogP contribution in [0.5, 0.6) is 5.75 Å². The van der Waals surface area contributed by atoms with Gasteiger partial charge in [-0.1, -0.05) is 0 Å². The summed E-state index contributed by atoms with van der Waals surface area (Å²) in [5.74, 6) is -0.675. The minimum absolute atomic E-state index is 0.0447. The predicted octanol–water partition coefficient (Wildman–Crippen LogP) is 2.23. The van der Waals surface area contributed by atoms with Gasteiger partial charge in [0, 0.05) is 17.2 Å². The third kappa shape index (κ3) is 4.06. The highest BCUT2D eigenvalue weighted by molar-refractivity contribution is 8.13. The van der Waals surface area contributed by atoms with Crippen LogP contribution in [0.1, 0.15) is 12.8 Å². The zero-order valence-corrected chi connectivity index (χ0v) is 11.9. The molecule has 0 unspecified atom stereocenters. The van der Waals surface area contributed by atoms with E-state index in [1.807, 2.05) is 0 Å². The van der Waals surface area contributed by atoms with E-state index in [-0.39, 0.29) is 10.6 Å². The van der Waals surface area contributed by atoms with Crippen LogP contribution in [0.15, 0.2) is 23.1 Å². The van der Waals surface area contributed by atoms with E-state index in [2.05, 4.69) is 4.90 Å². The highest BCUT2D eigenvalue weighted by atomic mass is 35.7. The monoisotopic (exact) mass is 307 g/mol. The molecule has 0 amide bonds. The maximum atomic E-state index is 13.6. The molecule has 7 heteroatoms. The first-order chi connectivity index (χ1) is 8.97. The number of nitrogens with zero attached hydrogens (tertiary/aromatic N) is 1. The Morgan fingerprint density at radius 3 is 2.58 bits per heavy atom. The molecule has 1 aliphatic rings. The van der Waals surface area contributed by atoms with Crippen molar-refractivity contribution in [1.29, 1.82) is 0 Å². The Balaban J connectivity index is 1.93. The molecule has 0 aliphatic carbocycles. The highest BCUT2D eigenvalue weighted by Crippen LogP contribution is 2.23. The van der Waals surface area contributed by atoms with Gasteiger partial charge in [0.05, 0.1) is 4.90 Å². The van der Waals surface area contributed by atoms with Gasteiger partial charge in [-0.25, -0.2) is 12.8 Å². The Bertz CT molecular complexity index is 544. The number of hydrogen-bond acceptors (Lipinski definition) is 4. The van der Waals surface area contributed by atoms with Crippen molar-refractivity contribution >= 4 is 19.7 Å². The van der Waals surface area contributed by atoms with Gasteiger partial charge in [-0.3, -0.25) is 4.90 Å². The van der Waals surface area contributed by atoms with Crippen molar-refractivity contribution in [2.75, 3.05) is 26.2 Å². The Morgan fingerprint density at radius 1 is 1.32 bits per heavy atom. The normalized spacial score (nSPS) is 16.7. The van der Waals surface area contributed by atoms with Crippen LogP contribution in [0.25, 0.3) is 0 Å². The van der Waals surface area contributed by atoms with Crippen LogP contribution in [0.3, 0.4) is 0 Å². The van der Waals surface area contributed by atoms with E-state index in [0.29, 0.717) is 6.61 Å². The molecule has 1 fully saturated rings. The summed E-state index contributed by atoms with van der Waals surface area (Å²) in [6.07, 6.45) is 2.38. The second-order valence-corrected chi connectivity index (χ2v) is 6.99. The Hall–Kier alpha value is -0.850. The van der Waals surface area contributed by atoms with Gasteiger partial charge in [-0.2, -0.15) is 0 Å². The number of benzene rings is 1. The lowest BCUT2D eigenvalue weighted by molar-refractivity contribution is 0.231. The molecule has 0 aromatic heterocycles. The number of hydrogen-bond donors (Lipinski definition) is 0. The van der Waals surface area contributed by atoms with E-state index in [9.17, 15) is 12.8 Å². The average molecular weight is 308 g/mol. The summed E-state index contributed by atoms with van der Waals surface area (Å²) in [6.45, 7) is 3.23. The predicted molar refractivity (Wildman–Crippen MR) is 70.6 cm³/mol. The fraction of sp³-hybridized carbons (Fsp3) is 0.500. The minimum Gasteiger partial charge on any atom is -0.489 e. The van der Waals surface area contributed by atoms with Crippen LogP contribution in [0.4, 0.5) is 4.39 Å². The quantitative estimate of drug-likeness (QED) is 0.783. The summed E-state index contributed by atoms with van der Waals surface area (Å²) >= 11 is 0. The summed E-state index contributed by atoms with van der Waals surface area (Å²) in [7, 11) is 1.22. The third-order valence-corrected chi connectivity index (χ3v) is 4.40. The molecule has 0 bridgehead atoms. The zero-order chi connectivity index (χ0) is 13.9. The first-order valence-corrected chi connectivity index (χ1v) is 8.37. The highest BCUT2D eigenvalue weighted by Gasteiger charge is 2.15. The van der Waals surface area contributed by atoms with Crippen molar-refractivity contribution in [3.8, 4) is 5.75 Å². The summed E-state index contributed by atoms with van der Waals surface area (Å²) in [5, 5.41) is 0. The molecule has 1 heterocycles. The molecule has 2 rings (SSSR count). The van der Waals surface area contributed by atoms with Gasteiger partial charge in [0.1, 0.15) is 6.61 Å². The second kappa shape index (κ2) is 6.07. The molecule has 0 spiro atoms. The Morgan fingerprint density at radius 2 is 2.00 bits per heavy atom. The SMILES string of the molecule is O=S(=O)(Cl)c1ccc(OCCN2CCCC2)c(F)c1. The molecule has 1 saturated heterocycles. The maximum Gasteiger partial charge on any atom is 0.261 e. The lowest BCUT2D eigenvalue weighted by atomic mass is 10.3. The summed E-state index contributed by atoms with van der Waals surface area (Å²) in [6, 6.07) is 3.39. The van der Waals surface area contributed by atoms with Crippen LogP contribution < -0.4 is 4.74 Å². The van der Waals surface area contributed by atoms with Crippen molar-refractivity contribution in [2.24, 2.45) is 0 Å². The number of rotatable bonds is 5. The van der Waals surface area contributed by atoms with Crippen LogP contribution in [-0.2, 0) is 9.05 Å². The molecule has 1 aliphatic heterocycles.